The van der Waals surface area contributed by atoms with Gasteiger partial charge in [0.1, 0.15) is 0 Å². The first-order valence-corrected chi connectivity index (χ1v) is 10.4. The molecule has 2 aliphatic rings. The maximum Gasteiger partial charge on any atom is 0.238 e. The lowest BCUT2D eigenvalue weighted by molar-refractivity contribution is -0.127. The van der Waals surface area contributed by atoms with Crippen LogP contribution in [-0.4, -0.2) is 54.4 Å². The standard InChI is InChI=1S/C20H25N3O3S/c1-14-21-17(13-27-14)15-5-4-6-16(11-15)22-19(24)12-23-8-3-2-7-18(23)20-25-9-10-26-20/h4-6,11,13,18,20H,2-3,7-10,12H2,1H3,(H,22,24). The Labute approximate surface area is 163 Å². The number of piperidine rings is 1. The number of ether oxygens (including phenoxy) is 2. The third-order valence-electron chi connectivity index (χ3n) is 5.03. The molecule has 2 aliphatic heterocycles. The second-order valence-electron chi connectivity index (χ2n) is 7.02. The summed E-state index contributed by atoms with van der Waals surface area (Å²) in [5.74, 6) is -0.00787. The summed E-state index contributed by atoms with van der Waals surface area (Å²) < 4.78 is 11.4. The number of nitrogens with one attached hydrogen (secondary N) is 1. The van der Waals surface area contributed by atoms with Gasteiger partial charge in [0, 0.05) is 16.6 Å². The summed E-state index contributed by atoms with van der Waals surface area (Å²) in [6, 6.07) is 8.01. The van der Waals surface area contributed by atoms with Crippen molar-refractivity contribution in [2.24, 2.45) is 0 Å². The van der Waals surface area contributed by atoms with Gasteiger partial charge in [0.05, 0.1) is 36.5 Å². The third-order valence-corrected chi connectivity index (χ3v) is 5.81. The van der Waals surface area contributed by atoms with Crippen molar-refractivity contribution in [3.8, 4) is 11.3 Å². The molecule has 0 radical (unpaired) electrons. The van der Waals surface area contributed by atoms with Gasteiger partial charge in [-0.05, 0) is 38.4 Å². The molecule has 1 aromatic heterocycles. The molecule has 1 N–H and O–H groups in total. The zero-order chi connectivity index (χ0) is 18.6. The third kappa shape index (κ3) is 4.55. The number of nitrogens with zero attached hydrogens (tertiary/aromatic N) is 2. The van der Waals surface area contributed by atoms with E-state index in [1.54, 1.807) is 11.3 Å². The minimum absolute atomic E-state index is 0.00787. The van der Waals surface area contributed by atoms with Crippen molar-refractivity contribution in [3.63, 3.8) is 0 Å². The van der Waals surface area contributed by atoms with Gasteiger partial charge in [-0.15, -0.1) is 11.3 Å². The Hall–Kier alpha value is -1.80. The average molecular weight is 388 g/mol. The van der Waals surface area contributed by atoms with Crippen LogP contribution in [-0.2, 0) is 14.3 Å². The lowest BCUT2D eigenvalue weighted by Gasteiger charge is -2.37. The Bertz CT molecular complexity index is 788. The van der Waals surface area contributed by atoms with Crippen LogP contribution < -0.4 is 5.32 Å². The van der Waals surface area contributed by atoms with Crippen molar-refractivity contribution in [2.45, 2.75) is 38.5 Å². The van der Waals surface area contributed by atoms with E-state index in [1.807, 2.05) is 36.6 Å². The first-order chi connectivity index (χ1) is 13.2. The average Bonchev–Trinajstić information content (AvgIpc) is 3.34. The fourth-order valence-electron chi connectivity index (χ4n) is 3.76. The van der Waals surface area contributed by atoms with Gasteiger partial charge in [-0.1, -0.05) is 18.6 Å². The van der Waals surface area contributed by atoms with E-state index >= 15 is 0 Å². The fourth-order valence-corrected chi connectivity index (χ4v) is 4.38. The van der Waals surface area contributed by atoms with Crippen LogP contribution in [0.4, 0.5) is 5.69 Å². The topological polar surface area (TPSA) is 63.7 Å². The number of thiazole rings is 1. The summed E-state index contributed by atoms with van der Waals surface area (Å²) in [4.78, 5) is 19.4. The number of anilines is 1. The lowest BCUT2D eigenvalue weighted by atomic mass is 10.0. The second kappa shape index (κ2) is 8.48. The number of carbonyl (C=O) groups is 1. The summed E-state index contributed by atoms with van der Waals surface area (Å²) in [6.07, 6.45) is 3.07. The van der Waals surface area contributed by atoms with E-state index in [0.717, 1.165) is 47.8 Å². The number of hydrogen-bond acceptors (Lipinski definition) is 6. The number of aryl methyl sites for hydroxylation is 1. The molecule has 1 atom stereocenters. The van der Waals surface area contributed by atoms with Crippen molar-refractivity contribution >= 4 is 22.9 Å². The molecular weight excluding hydrogens is 362 g/mol. The molecule has 3 heterocycles. The Morgan fingerprint density at radius 3 is 2.96 bits per heavy atom. The molecule has 2 fully saturated rings. The number of amides is 1. The number of aromatic nitrogens is 1. The Balaban J connectivity index is 1.40. The van der Waals surface area contributed by atoms with E-state index < -0.39 is 0 Å². The molecular formula is C20H25N3O3S. The predicted molar refractivity (Wildman–Crippen MR) is 106 cm³/mol. The van der Waals surface area contributed by atoms with Crippen LogP contribution in [0.5, 0.6) is 0 Å². The molecule has 1 amide bonds. The van der Waals surface area contributed by atoms with Crippen molar-refractivity contribution in [2.75, 3.05) is 31.6 Å². The Kier molecular flexibility index (Phi) is 5.83. The number of hydrogen-bond donors (Lipinski definition) is 1. The van der Waals surface area contributed by atoms with Crippen molar-refractivity contribution in [3.05, 3.63) is 34.7 Å². The lowest BCUT2D eigenvalue weighted by Crippen LogP contribution is -2.50. The van der Waals surface area contributed by atoms with Gasteiger partial charge < -0.3 is 14.8 Å². The number of benzene rings is 1. The summed E-state index contributed by atoms with van der Waals surface area (Å²) >= 11 is 1.63. The first kappa shape index (κ1) is 18.6. The van der Waals surface area contributed by atoms with Crippen LogP contribution in [0.3, 0.4) is 0 Å². The molecule has 1 unspecified atom stereocenters. The minimum atomic E-state index is -0.200. The van der Waals surface area contributed by atoms with Gasteiger partial charge >= 0.3 is 0 Å². The molecule has 144 valence electrons. The highest BCUT2D eigenvalue weighted by Crippen LogP contribution is 2.26. The quantitative estimate of drug-likeness (QED) is 0.853. The molecule has 4 rings (SSSR count). The highest BCUT2D eigenvalue weighted by molar-refractivity contribution is 7.09. The van der Waals surface area contributed by atoms with Crippen LogP contribution in [0, 0.1) is 6.92 Å². The largest absolute Gasteiger partial charge is 0.349 e. The van der Waals surface area contributed by atoms with Gasteiger partial charge in [0.2, 0.25) is 5.91 Å². The fraction of sp³-hybridized carbons (Fsp3) is 0.500. The minimum Gasteiger partial charge on any atom is -0.349 e. The second-order valence-corrected chi connectivity index (χ2v) is 8.09. The van der Waals surface area contributed by atoms with Crippen LogP contribution in [0.2, 0.25) is 0 Å². The van der Waals surface area contributed by atoms with E-state index in [1.165, 1.54) is 0 Å². The Morgan fingerprint density at radius 2 is 2.19 bits per heavy atom. The number of likely N-dealkylation sites (tertiary alicyclic amines) is 1. The number of carbonyl (C=O) groups excluding carboxylic acids is 1. The van der Waals surface area contributed by atoms with Crippen molar-refractivity contribution in [1.29, 1.82) is 0 Å². The monoisotopic (exact) mass is 387 g/mol. The first-order valence-electron chi connectivity index (χ1n) is 9.49. The molecule has 0 aliphatic carbocycles. The molecule has 0 saturated carbocycles. The van der Waals surface area contributed by atoms with Crippen molar-refractivity contribution < 1.29 is 14.3 Å². The maximum absolute atomic E-state index is 12.6. The Morgan fingerprint density at radius 1 is 1.33 bits per heavy atom. The molecule has 0 spiro atoms. The summed E-state index contributed by atoms with van der Waals surface area (Å²) in [6.45, 7) is 4.54. The van der Waals surface area contributed by atoms with Crippen LogP contribution in [0.1, 0.15) is 24.3 Å². The van der Waals surface area contributed by atoms with E-state index in [0.29, 0.717) is 19.8 Å². The summed E-state index contributed by atoms with van der Waals surface area (Å²) in [5.41, 5.74) is 2.76. The SMILES string of the molecule is Cc1nc(-c2cccc(NC(=O)CN3CCCCC3C3OCCO3)c2)cs1. The molecule has 7 heteroatoms. The van der Waals surface area contributed by atoms with Crippen molar-refractivity contribution in [1.82, 2.24) is 9.88 Å². The normalized spacial score (nSPS) is 21.4. The van der Waals surface area contributed by atoms with E-state index in [2.05, 4.69) is 15.2 Å². The van der Waals surface area contributed by atoms with E-state index in [4.69, 9.17) is 9.47 Å². The van der Waals surface area contributed by atoms with E-state index in [-0.39, 0.29) is 18.2 Å². The van der Waals surface area contributed by atoms with Gasteiger partial charge in [0.25, 0.3) is 0 Å². The highest BCUT2D eigenvalue weighted by Gasteiger charge is 2.34. The van der Waals surface area contributed by atoms with Crippen LogP contribution >= 0.6 is 11.3 Å². The van der Waals surface area contributed by atoms with Gasteiger partial charge in [-0.3, -0.25) is 9.69 Å². The molecule has 27 heavy (non-hydrogen) atoms. The smallest absolute Gasteiger partial charge is 0.238 e. The maximum atomic E-state index is 12.6. The molecule has 1 aromatic carbocycles. The highest BCUT2D eigenvalue weighted by atomic mass is 32.1. The molecule has 0 bridgehead atoms. The molecule has 6 nitrogen and oxygen atoms in total. The van der Waals surface area contributed by atoms with Gasteiger partial charge in [0.15, 0.2) is 6.29 Å². The van der Waals surface area contributed by atoms with E-state index in [9.17, 15) is 4.79 Å². The summed E-state index contributed by atoms with van der Waals surface area (Å²) in [7, 11) is 0. The zero-order valence-electron chi connectivity index (χ0n) is 15.5. The zero-order valence-corrected chi connectivity index (χ0v) is 16.3. The number of rotatable bonds is 5. The summed E-state index contributed by atoms with van der Waals surface area (Å²) in [5, 5.41) is 6.10. The van der Waals surface area contributed by atoms with Gasteiger partial charge in [-0.25, -0.2) is 4.98 Å². The molecule has 2 aromatic rings. The predicted octanol–water partition coefficient (Wildman–Crippen LogP) is 3.28. The van der Waals surface area contributed by atoms with Gasteiger partial charge in [-0.2, -0.15) is 0 Å². The molecule has 2 saturated heterocycles. The van der Waals surface area contributed by atoms with Crippen LogP contribution in [0.25, 0.3) is 11.3 Å². The van der Waals surface area contributed by atoms with Crippen LogP contribution in [0.15, 0.2) is 29.6 Å².